The van der Waals surface area contributed by atoms with E-state index >= 15 is 0 Å². The number of esters is 1. The summed E-state index contributed by atoms with van der Waals surface area (Å²) in [6.07, 6.45) is 4.73. The molecule has 0 spiro atoms. The molecule has 1 aliphatic heterocycles. The molecule has 1 aliphatic rings. The zero-order chi connectivity index (χ0) is 16.2. The molecule has 0 bridgehead atoms. The molecule has 0 radical (unpaired) electrons. The maximum atomic E-state index is 12.0. The monoisotopic (exact) mass is 296 g/mol. The van der Waals surface area contributed by atoms with Crippen LogP contribution in [0, 0.1) is 0 Å². The minimum Gasteiger partial charge on any atom is -0.446 e. The van der Waals surface area contributed by atoms with Gasteiger partial charge in [-0.2, -0.15) is 0 Å². The van der Waals surface area contributed by atoms with Crippen LogP contribution in [-0.4, -0.2) is 5.97 Å². The number of carbonyl (C=O) groups excluding carboxylic acids is 1. The van der Waals surface area contributed by atoms with Crippen LogP contribution in [0.5, 0.6) is 0 Å². The van der Waals surface area contributed by atoms with Crippen LogP contribution in [0.3, 0.4) is 0 Å². The normalized spacial score (nSPS) is 20.2. The molecule has 2 nitrogen and oxygen atoms in total. The Balaban J connectivity index is 2.52. The van der Waals surface area contributed by atoms with Gasteiger partial charge in [0.1, 0.15) is 0 Å². The van der Waals surface area contributed by atoms with Crippen LogP contribution in [-0.2, 0) is 15.1 Å². The average molecular weight is 296 g/mol. The lowest BCUT2D eigenvalue weighted by Crippen LogP contribution is -2.26. The first kappa shape index (κ1) is 16.3. The molecule has 0 fully saturated rings. The highest BCUT2D eigenvalue weighted by Gasteiger charge is 2.41. The third-order valence-corrected chi connectivity index (χ3v) is 3.91. The van der Waals surface area contributed by atoms with Crippen LogP contribution in [0.25, 0.3) is 0 Å². The van der Waals surface area contributed by atoms with Gasteiger partial charge in [0.25, 0.3) is 0 Å². The van der Waals surface area contributed by atoms with E-state index in [0.29, 0.717) is 0 Å². The van der Waals surface area contributed by atoms with Crippen LogP contribution in [0.1, 0.15) is 52.5 Å². The fourth-order valence-electron chi connectivity index (χ4n) is 2.81. The van der Waals surface area contributed by atoms with Gasteiger partial charge >= 0.3 is 5.97 Å². The molecule has 0 saturated heterocycles. The number of rotatable bonds is 5. The first-order chi connectivity index (χ1) is 10.5. The van der Waals surface area contributed by atoms with Crippen molar-refractivity contribution in [1.82, 2.24) is 0 Å². The highest BCUT2D eigenvalue weighted by Crippen LogP contribution is 2.42. The van der Waals surface area contributed by atoms with E-state index in [-0.39, 0.29) is 5.97 Å². The molecule has 1 atom stereocenters. The van der Waals surface area contributed by atoms with E-state index in [1.54, 1.807) is 6.08 Å². The van der Waals surface area contributed by atoms with Crippen molar-refractivity contribution < 1.29 is 9.53 Å². The summed E-state index contributed by atoms with van der Waals surface area (Å²) in [4.78, 5) is 12.0. The third kappa shape index (κ3) is 3.40. The summed E-state index contributed by atoms with van der Waals surface area (Å²) in [5.74, 6) is -0.272. The van der Waals surface area contributed by atoms with Crippen molar-refractivity contribution in [3.63, 3.8) is 0 Å². The van der Waals surface area contributed by atoms with Crippen molar-refractivity contribution in [3.8, 4) is 0 Å². The topological polar surface area (TPSA) is 26.3 Å². The summed E-state index contributed by atoms with van der Waals surface area (Å²) >= 11 is 0. The molecule has 1 heterocycles. The fourth-order valence-corrected chi connectivity index (χ4v) is 2.81. The second-order valence-electron chi connectivity index (χ2n) is 6.09. The predicted octanol–water partition coefficient (Wildman–Crippen LogP) is 5.07. The van der Waals surface area contributed by atoms with Crippen molar-refractivity contribution in [2.24, 2.45) is 0 Å². The molecule has 0 aromatic heterocycles. The van der Waals surface area contributed by atoms with Gasteiger partial charge in [-0.25, -0.2) is 4.79 Å². The quantitative estimate of drug-likeness (QED) is 0.560. The number of hydrogen-bond donors (Lipinski definition) is 0. The Morgan fingerprint density at radius 2 is 1.91 bits per heavy atom. The minimum absolute atomic E-state index is 0.272. The first-order valence-corrected chi connectivity index (χ1v) is 7.91. The first-order valence-electron chi connectivity index (χ1n) is 7.91. The fraction of sp³-hybridized carbons (Fsp3) is 0.400. The summed E-state index contributed by atoms with van der Waals surface area (Å²) in [6.45, 7) is 8.20. The molecule has 0 aliphatic carbocycles. The number of benzene rings is 1. The molecule has 0 N–H and O–H groups in total. The number of hydrogen-bond acceptors (Lipinski definition) is 2. The Kier molecular flexibility index (Phi) is 5.05. The average Bonchev–Trinajstić information content (AvgIpc) is 2.80. The van der Waals surface area contributed by atoms with Crippen LogP contribution >= 0.6 is 0 Å². The lowest BCUT2D eigenvalue weighted by atomic mass is 9.83. The summed E-state index contributed by atoms with van der Waals surface area (Å²) in [6, 6.07) is 9.93. The summed E-state index contributed by atoms with van der Waals surface area (Å²) in [5, 5.41) is 0. The Labute approximate surface area is 133 Å². The summed E-state index contributed by atoms with van der Waals surface area (Å²) in [5.41, 5.74) is 6.85. The molecule has 0 amide bonds. The van der Waals surface area contributed by atoms with Crippen LogP contribution in [0.4, 0.5) is 0 Å². The smallest absolute Gasteiger partial charge is 0.332 e. The van der Waals surface area contributed by atoms with E-state index in [9.17, 15) is 4.79 Å². The lowest BCUT2D eigenvalue weighted by molar-refractivity contribution is -0.145. The van der Waals surface area contributed by atoms with Gasteiger partial charge < -0.3 is 4.74 Å². The molecular formula is C20H24O2. The Hall–Kier alpha value is -2.05. The maximum Gasteiger partial charge on any atom is 0.332 e. The van der Waals surface area contributed by atoms with Gasteiger partial charge in [-0.05, 0) is 44.7 Å². The van der Waals surface area contributed by atoms with Crippen molar-refractivity contribution in [1.29, 1.82) is 0 Å². The zero-order valence-corrected chi connectivity index (χ0v) is 13.9. The SMILES string of the molecule is CCCCC(=C=C(C)C)C1=CC(=O)OC1(C)c1ccccc1. The maximum absolute atomic E-state index is 12.0. The van der Waals surface area contributed by atoms with Gasteiger partial charge in [-0.1, -0.05) is 43.7 Å². The minimum atomic E-state index is -0.718. The Morgan fingerprint density at radius 3 is 2.50 bits per heavy atom. The van der Waals surface area contributed by atoms with Gasteiger partial charge in [-0.3, -0.25) is 0 Å². The van der Waals surface area contributed by atoms with Crippen molar-refractivity contribution in [3.05, 3.63) is 64.4 Å². The highest BCUT2D eigenvalue weighted by molar-refractivity contribution is 5.88. The van der Waals surface area contributed by atoms with E-state index < -0.39 is 5.60 Å². The Bertz CT molecular complexity index is 642. The molecule has 22 heavy (non-hydrogen) atoms. The lowest BCUT2D eigenvalue weighted by Gasteiger charge is -2.28. The predicted molar refractivity (Wildman–Crippen MR) is 89.4 cm³/mol. The van der Waals surface area contributed by atoms with Crippen LogP contribution in [0.15, 0.2) is 58.9 Å². The molecule has 1 unspecified atom stereocenters. The van der Waals surface area contributed by atoms with Crippen LogP contribution in [0.2, 0.25) is 0 Å². The van der Waals surface area contributed by atoms with Crippen LogP contribution < -0.4 is 0 Å². The van der Waals surface area contributed by atoms with E-state index in [2.05, 4.69) is 12.7 Å². The molecule has 1 aromatic carbocycles. The van der Waals surface area contributed by atoms with Gasteiger partial charge in [-0.15, -0.1) is 5.73 Å². The number of carbonyl (C=O) groups is 1. The standard InChI is InChI=1S/C20H24O2/c1-5-6-10-16(13-15(2)3)18-14-19(21)22-20(18,4)17-11-8-7-9-12-17/h7-9,11-12,14H,5-6,10H2,1-4H3. The van der Waals surface area contributed by atoms with Crippen molar-refractivity contribution in [2.45, 2.75) is 52.6 Å². The summed E-state index contributed by atoms with van der Waals surface area (Å²) in [7, 11) is 0. The zero-order valence-electron chi connectivity index (χ0n) is 13.9. The van der Waals surface area contributed by atoms with E-state index in [0.717, 1.165) is 41.5 Å². The van der Waals surface area contributed by atoms with Crippen molar-refractivity contribution >= 4 is 5.97 Å². The molecule has 2 rings (SSSR count). The van der Waals surface area contributed by atoms with E-state index in [4.69, 9.17) is 4.74 Å². The van der Waals surface area contributed by atoms with Gasteiger partial charge in [0.05, 0.1) is 0 Å². The summed E-state index contributed by atoms with van der Waals surface area (Å²) < 4.78 is 5.69. The number of ether oxygens (including phenoxy) is 1. The second-order valence-corrected chi connectivity index (χ2v) is 6.09. The molecular weight excluding hydrogens is 272 g/mol. The largest absolute Gasteiger partial charge is 0.446 e. The molecule has 2 heteroatoms. The van der Waals surface area contributed by atoms with Gasteiger partial charge in [0.2, 0.25) is 0 Å². The van der Waals surface area contributed by atoms with Crippen molar-refractivity contribution in [2.75, 3.05) is 0 Å². The third-order valence-electron chi connectivity index (χ3n) is 3.91. The van der Waals surface area contributed by atoms with E-state index in [1.807, 2.05) is 51.1 Å². The second kappa shape index (κ2) is 6.81. The number of unbranched alkanes of at least 4 members (excludes halogenated alkanes) is 1. The molecule has 0 saturated carbocycles. The molecule has 116 valence electrons. The van der Waals surface area contributed by atoms with Gasteiger partial charge in [0, 0.05) is 17.2 Å². The van der Waals surface area contributed by atoms with Gasteiger partial charge in [0.15, 0.2) is 5.60 Å². The highest BCUT2D eigenvalue weighted by atomic mass is 16.6. The number of cyclic esters (lactones) is 1. The van der Waals surface area contributed by atoms with E-state index in [1.165, 1.54) is 0 Å². The molecule has 1 aromatic rings. The Morgan fingerprint density at radius 1 is 1.23 bits per heavy atom.